The molecule has 1 heterocycles. The number of hydrogen-bond donors (Lipinski definition) is 2. The summed E-state index contributed by atoms with van der Waals surface area (Å²) >= 11 is 0. The van der Waals surface area contributed by atoms with E-state index in [4.69, 9.17) is 19.1 Å². The van der Waals surface area contributed by atoms with Gasteiger partial charge in [0.05, 0.1) is 23.3 Å². The van der Waals surface area contributed by atoms with Crippen molar-refractivity contribution in [2.75, 3.05) is 6.61 Å². The summed E-state index contributed by atoms with van der Waals surface area (Å²) in [5.41, 5.74) is -1.03. The second kappa shape index (κ2) is 10.0. The molecule has 0 radical (unpaired) electrons. The van der Waals surface area contributed by atoms with E-state index in [2.05, 4.69) is 0 Å². The van der Waals surface area contributed by atoms with Crippen LogP contribution in [-0.4, -0.2) is 117 Å². The topological polar surface area (TPSA) is 127 Å². The van der Waals surface area contributed by atoms with Gasteiger partial charge in [-0.25, -0.2) is 0 Å². The number of ether oxygens (including phenoxy) is 2. The first-order valence-corrected chi connectivity index (χ1v) is 8.19. The number of carbonyl (C=O) groups excluding carboxylic acids is 1. The van der Waals surface area contributed by atoms with Crippen LogP contribution >= 0.6 is 0 Å². The first kappa shape index (κ1) is 24.3. The maximum atomic E-state index is 11.6. The van der Waals surface area contributed by atoms with Crippen LogP contribution in [0.25, 0.3) is 0 Å². The van der Waals surface area contributed by atoms with Crippen molar-refractivity contribution in [2.24, 2.45) is 0 Å². The van der Waals surface area contributed by atoms with Gasteiger partial charge in [-0.15, -0.1) is 0 Å². The molecular formula is C9H18Na2O8SSi. The molecule has 1 fully saturated rings. The first-order valence-electron chi connectivity index (χ1n) is 5.69. The van der Waals surface area contributed by atoms with Gasteiger partial charge in [0.25, 0.3) is 10.1 Å². The van der Waals surface area contributed by atoms with E-state index in [0.717, 1.165) is 12.8 Å². The van der Waals surface area contributed by atoms with Crippen molar-refractivity contribution in [2.45, 2.75) is 36.3 Å². The molecule has 2 unspecified atom stereocenters. The van der Waals surface area contributed by atoms with Gasteiger partial charge in [-0.1, -0.05) is 0 Å². The van der Waals surface area contributed by atoms with Crippen LogP contribution in [0.15, 0.2) is 0 Å². The third-order valence-corrected chi connectivity index (χ3v) is 4.83. The van der Waals surface area contributed by atoms with E-state index in [-0.39, 0.29) is 59.1 Å². The zero-order valence-corrected chi connectivity index (χ0v) is 13.2. The van der Waals surface area contributed by atoms with E-state index in [0.29, 0.717) is 23.3 Å². The number of hydrogen-bond acceptors (Lipinski definition) is 6. The predicted octanol–water partition coefficient (Wildman–Crippen LogP) is -2.82. The molecule has 0 aromatic rings. The van der Waals surface area contributed by atoms with Gasteiger partial charge in [-0.05, 0) is 12.8 Å². The monoisotopic (exact) mass is 360 g/mol. The Hall–Kier alpha value is 1.03. The molecule has 21 heavy (non-hydrogen) atoms. The van der Waals surface area contributed by atoms with Crippen molar-refractivity contribution in [3.05, 3.63) is 0 Å². The summed E-state index contributed by atoms with van der Waals surface area (Å²) < 4.78 is 40.7. The predicted molar refractivity (Wildman–Crippen MR) is 80.5 cm³/mol. The molecule has 2 atom stereocenters. The van der Waals surface area contributed by atoms with Gasteiger partial charge in [0.1, 0.15) is 0 Å². The van der Waals surface area contributed by atoms with E-state index in [1.54, 1.807) is 0 Å². The van der Waals surface area contributed by atoms with Crippen LogP contribution in [0.4, 0.5) is 0 Å². The standard InChI is InChI=1S/C9H16O8SSi.2Na.2H/c10-7(5-6(8(11)12)18(13,14)15)17-9(19)3-1-2-4-16-9;;;;/h6H,1-5H2,19H3,(H,11,12)(H,13,14,15);;;;. The number of carbonyl (C=O) groups is 2. The zero-order chi connectivity index (χ0) is 14.7. The molecule has 0 amide bonds. The van der Waals surface area contributed by atoms with Gasteiger partial charge >= 0.3 is 71.1 Å². The Morgan fingerprint density at radius 1 is 1.33 bits per heavy atom. The Labute approximate surface area is 170 Å². The fourth-order valence-electron chi connectivity index (χ4n) is 1.74. The molecule has 114 valence electrons. The Morgan fingerprint density at radius 3 is 2.29 bits per heavy atom. The van der Waals surface area contributed by atoms with Crippen molar-refractivity contribution >= 4 is 91.4 Å². The SMILES string of the molecule is O=C(CC(C(=O)O)S(=O)(=O)O)OC1([SiH3])CCCCO1.[NaH].[NaH]. The van der Waals surface area contributed by atoms with Crippen LogP contribution < -0.4 is 0 Å². The molecule has 0 bridgehead atoms. The Morgan fingerprint density at radius 2 is 1.90 bits per heavy atom. The van der Waals surface area contributed by atoms with Gasteiger partial charge in [0, 0.05) is 6.42 Å². The van der Waals surface area contributed by atoms with Crippen molar-refractivity contribution in [3.8, 4) is 0 Å². The minimum atomic E-state index is -4.85. The Kier molecular flexibility index (Phi) is 11.6. The number of aliphatic carboxylic acids is 1. The van der Waals surface area contributed by atoms with Crippen molar-refractivity contribution in [3.63, 3.8) is 0 Å². The van der Waals surface area contributed by atoms with E-state index in [1.807, 2.05) is 0 Å². The number of carboxylic acids is 1. The molecule has 0 aliphatic carbocycles. The zero-order valence-electron chi connectivity index (χ0n) is 10.4. The van der Waals surface area contributed by atoms with Crippen LogP contribution in [0, 0.1) is 0 Å². The summed E-state index contributed by atoms with van der Waals surface area (Å²) in [6, 6.07) is 0. The van der Waals surface area contributed by atoms with Gasteiger partial charge in [0.2, 0.25) is 0 Å². The van der Waals surface area contributed by atoms with Crippen molar-refractivity contribution < 1.29 is 37.1 Å². The average Bonchev–Trinajstić information content (AvgIpc) is 2.24. The van der Waals surface area contributed by atoms with Gasteiger partial charge < -0.3 is 14.6 Å². The van der Waals surface area contributed by atoms with Crippen LogP contribution in [0.2, 0.25) is 0 Å². The molecule has 8 nitrogen and oxygen atoms in total. The summed E-state index contributed by atoms with van der Waals surface area (Å²) in [6.45, 7) is 0.442. The summed E-state index contributed by atoms with van der Waals surface area (Å²) in [7, 11) is -4.46. The van der Waals surface area contributed by atoms with Crippen LogP contribution in [0.5, 0.6) is 0 Å². The van der Waals surface area contributed by atoms with Gasteiger partial charge in [-0.2, -0.15) is 8.42 Å². The Bertz CT molecular complexity index is 462. The molecule has 0 aromatic heterocycles. The van der Waals surface area contributed by atoms with Gasteiger partial charge in [-0.3, -0.25) is 14.1 Å². The first-order chi connectivity index (χ1) is 8.64. The minimum absolute atomic E-state index is 0. The van der Waals surface area contributed by atoms with Crippen molar-refractivity contribution in [1.29, 1.82) is 0 Å². The molecule has 0 spiro atoms. The number of rotatable bonds is 5. The molecule has 1 aliphatic rings. The normalized spacial score (nSPS) is 23.3. The quantitative estimate of drug-likeness (QED) is 0.305. The molecule has 1 rings (SSSR count). The molecule has 2 N–H and O–H groups in total. The third-order valence-electron chi connectivity index (χ3n) is 2.75. The van der Waals surface area contributed by atoms with Crippen LogP contribution in [0.1, 0.15) is 25.7 Å². The van der Waals surface area contributed by atoms with E-state index >= 15 is 0 Å². The second-order valence-electron chi connectivity index (χ2n) is 4.46. The molecule has 0 aromatic carbocycles. The summed E-state index contributed by atoms with van der Waals surface area (Å²) in [5, 5.41) is 6.44. The maximum absolute atomic E-state index is 11.6. The van der Waals surface area contributed by atoms with Crippen LogP contribution in [0.3, 0.4) is 0 Å². The molecule has 1 saturated heterocycles. The molecule has 12 heteroatoms. The summed E-state index contributed by atoms with van der Waals surface area (Å²) in [4.78, 5) is 22.2. The van der Waals surface area contributed by atoms with E-state index in [1.165, 1.54) is 0 Å². The van der Waals surface area contributed by atoms with E-state index in [9.17, 15) is 18.0 Å². The Balaban J connectivity index is 0. The fraction of sp³-hybridized carbons (Fsp3) is 0.778. The second-order valence-corrected chi connectivity index (χ2v) is 7.58. The summed E-state index contributed by atoms with van der Waals surface area (Å²) in [6.07, 6.45) is 1.23. The number of esters is 1. The van der Waals surface area contributed by atoms with Crippen LogP contribution in [-0.2, 0) is 29.2 Å². The third kappa shape index (κ3) is 8.44. The van der Waals surface area contributed by atoms with Gasteiger partial charge in [0.15, 0.2) is 10.7 Å². The molecule has 0 saturated carbocycles. The number of carboxylic acid groups (broad SMARTS) is 1. The molecular weight excluding hydrogens is 342 g/mol. The van der Waals surface area contributed by atoms with Crippen molar-refractivity contribution in [1.82, 2.24) is 0 Å². The fourth-order valence-corrected chi connectivity index (χ4v) is 3.13. The molecule has 1 aliphatic heterocycles. The van der Waals surface area contributed by atoms with E-state index < -0.39 is 39.1 Å². The average molecular weight is 360 g/mol. The summed E-state index contributed by atoms with van der Waals surface area (Å²) in [5.74, 6) is -2.81.